The van der Waals surface area contributed by atoms with Gasteiger partial charge in [-0.3, -0.25) is 0 Å². The summed E-state index contributed by atoms with van der Waals surface area (Å²) in [4.78, 5) is 0. The van der Waals surface area contributed by atoms with Gasteiger partial charge in [0, 0.05) is 0 Å². The van der Waals surface area contributed by atoms with Crippen molar-refractivity contribution in [1.82, 2.24) is 0 Å². The molecule has 56 valence electrons. The Hall–Kier alpha value is 1.39. The van der Waals surface area contributed by atoms with Gasteiger partial charge in [-0.2, -0.15) is 0 Å². The number of hydrogen-bond donors (Lipinski definition) is 0. The van der Waals surface area contributed by atoms with Crippen LogP contribution in [0.3, 0.4) is 0 Å². The molecular weight excluding hydrogens is 231 g/mol. The number of alkyl halides is 1. The molecule has 0 aliphatic heterocycles. The fourth-order valence-corrected chi connectivity index (χ4v) is 1.35. The van der Waals surface area contributed by atoms with Crippen LogP contribution in [0, 0.1) is 0 Å². The molecule has 0 rings (SSSR count). The van der Waals surface area contributed by atoms with Gasteiger partial charge in [-0.25, -0.2) is 8.42 Å². The van der Waals surface area contributed by atoms with E-state index in [1.807, 2.05) is 6.92 Å². The van der Waals surface area contributed by atoms with Crippen molar-refractivity contribution in [1.29, 1.82) is 0 Å². The van der Waals surface area contributed by atoms with Crippen molar-refractivity contribution in [3.05, 3.63) is 0 Å². The predicted octanol–water partition coefficient (Wildman–Crippen LogP) is -1.94. The molecule has 0 aliphatic carbocycles. The van der Waals surface area contributed by atoms with Crippen molar-refractivity contribution < 1.29 is 42.5 Å². The monoisotopic (exact) mass is 238 g/mol. The predicted molar refractivity (Wildman–Crippen MR) is 37.3 cm³/mol. The quantitative estimate of drug-likeness (QED) is 0.327. The van der Waals surface area contributed by atoms with E-state index in [-0.39, 0.29) is 29.6 Å². The Morgan fingerprint density at radius 3 is 2.10 bits per heavy atom. The van der Waals surface area contributed by atoms with Crippen LogP contribution in [0.2, 0.25) is 0 Å². The molecule has 0 spiro atoms. The number of rotatable bonds is 3. The van der Waals surface area contributed by atoms with Crippen molar-refractivity contribution in [2.75, 3.05) is 0 Å². The minimum atomic E-state index is -4.10. The Kier molecular flexibility index (Phi) is 8.32. The summed E-state index contributed by atoms with van der Waals surface area (Å²) in [6.45, 7) is 1.82. The Morgan fingerprint density at radius 2 is 2.00 bits per heavy atom. The molecule has 0 N–H and O–H groups in total. The molecule has 0 aromatic rings. The van der Waals surface area contributed by atoms with Gasteiger partial charge >= 0.3 is 29.6 Å². The summed E-state index contributed by atoms with van der Waals surface area (Å²) in [5.74, 6) is 0. The van der Waals surface area contributed by atoms with E-state index in [9.17, 15) is 13.0 Å². The van der Waals surface area contributed by atoms with Gasteiger partial charge in [-0.05, 0) is 6.42 Å². The van der Waals surface area contributed by atoms with Gasteiger partial charge < -0.3 is 4.55 Å². The van der Waals surface area contributed by atoms with Crippen LogP contribution in [0.5, 0.6) is 0 Å². The van der Waals surface area contributed by atoms with Crippen LogP contribution >= 0.6 is 15.9 Å². The smallest absolute Gasteiger partial charge is 0.747 e. The van der Waals surface area contributed by atoms with Gasteiger partial charge in [-0.15, -0.1) is 0 Å². The fourth-order valence-electron chi connectivity index (χ4n) is 0.371. The summed E-state index contributed by atoms with van der Waals surface area (Å²) in [6, 6.07) is 0. The summed E-state index contributed by atoms with van der Waals surface area (Å²) in [6.07, 6.45) is 1.07. The maximum atomic E-state index is 10.1. The molecule has 0 bridgehead atoms. The fraction of sp³-hybridized carbons (Fsp3) is 1.00. The normalized spacial score (nSPS) is 13.9. The zero-order valence-corrected chi connectivity index (χ0v) is 10.4. The average molecular weight is 239 g/mol. The van der Waals surface area contributed by atoms with Crippen LogP contribution in [-0.2, 0) is 10.1 Å². The van der Waals surface area contributed by atoms with E-state index in [1.165, 1.54) is 0 Å². The molecule has 6 heteroatoms. The Balaban J connectivity index is 0. The second kappa shape index (κ2) is 5.97. The third-order valence-electron chi connectivity index (χ3n) is 0.829. The van der Waals surface area contributed by atoms with E-state index < -0.39 is 14.3 Å². The van der Waals surface area contributed by atoms with Crippen molar-refractivity contribution in [2.24, 2.45) is 0 Å². The van der Waals surface area contributed by atoms with E-state index >= 15 is 0 Å². The zero-order chi connectivity index (χ0) is 7.49. The maximum Gasteiger partial charge on any atom is 1.00 e. The van der Waals surface area contributed by atoms with Crippen LogP contribution in [0.25, 0.3) is 0 Å². The van der Waals surface area contributed by atoms with Crippen molar-refractivity contribution >= 4 is 26.0 Å². The number of hydrogen-bond acceptors (Lipinski definition) is 3. The summed E-state index contributed by atoms with van der Waals surface area (Å²) in [5, 5.41) is 0. The van der Waals surface area contributed by atoms with E-state index in [0.29, 0.717) is 12.8 Å². The molecule has 0 aliphatic rings. The summed E-state index contributed by atoms with van der Waals surface area (Å²) in [7, 11) is -4.10. The van der Waals surface area contributed by atoms with Gasteiger partial charge in [0.25, 0.3) is 0 Å². The first-order valence-corrected chi connectivity index (χ1v) is 4.96. The van der Waals surface area contributed by atoms with Gasteiger partial charge in [0.1, 0.15) is 14.3 Å². The molecule has 0 aromatic carbocycles. The molecule has 0 fully saturated rings. The second-order valence-corrected chi connectivity index (χ2v) is 4.96. The molecule has 3 nitrogen and oxygen atoms in total. The third kappa shape index (κ3) is 6.12. The third-order valence-corrected chi connectivity index (χ3v) is 3.52. The van der Waals surface area contributed by atoms with E-state index in [2.05, 4.69) is 15.9 Å². The van der Waals surface area contributed by atoms with Crippen LogP contribution in [0.15, 0.2) is 0 Å². The largest absolute Gasteiger partial charge is 1.00 e. The van der Waals surface area contributed by atoms with E-state index in [1.54, 1.807) is 0 Å². The first-order valence-electron chi connectivity index (χ1n) is 2.57. The Morgan fingerprint density at radius 1 is 1.60 bits per heavy atom. The molecular formula is C4H8BrNaO3S. The van der Waals surface area contributed by atoms with E-state index in [4.69, 9.17) is 0 Å². The van der Waals surface area contributed by atoms with Gasteiger partial charge in [-0.1, -0.05) is 29.3 Å². The van der Waals surface area contributed by atoms with E-state index in [0.717, 1.165) is 0 Å². The minimum absolute atomic E-state index is 0. The van der Waals surface area contributed by atoms with Gasteiger partial charge in [0.2, 0.25) is 0 Å². The van der Waals surface area contributed by atoms with Crippen molar-refractivity contribution in [3.63, 3.8) is 0 Å². The molecule has 0 heterocycles. The summed E-state index contributed by atoms with van der Waals surface area (Å²) < 4.78 is 29.4. The van der Waals surface area contributed by atoms with Crippen LogP contribution in [0.4, 0.5) is 0 Å². The molecule has 1 atom stereocenters. The minimum Gasteiger partial charge on any atom is -0.747 e. The second-order valence-electron chi connectivity index (χ2n) is 1.69. The van der Waals surface area contributed by atoms with Crippen molar-refractivity contribution in [2.45, 2.75) is 23.9 Å². The topological polar surface area (TPSA) is 57.2 Å². The zero-order valence-electron chi connectivity index (χ0n) is 6.00. The Bertz CT molecular complexity index is 167. The summed E-state index contributed by atoms with van der Waals surface area (Å²) >= 11 is 2.76. The maximum absolute atomic E-state index is 10.1. The van der Waals surface area contributed by atoms with Gasteiger partial charge in [0.15, 0.2) is 0 Å². The molecule has 10 heavy (non-hydrogen) atoms. The molecule has 0 amide bonds. The average Bonchev–Trinajstić information content (AvgIpc) is 1.64. The Labute approximate surface area is 91.7 Å². The molecule has 0 radical (unpaired) electrons. The SMILES string of the molecule is CCCC(Br)S(=O)(=O)[O-].[Na+]. The summed E-state index contributed by atoms with van der Waals surface area (Å²) in [5.41, 5.74) is 0. The van der Waals surface area contributed by atoms with Crippen LogP contribution in [-0.4, -0.2) is 17.1 Å². The molecule has 1 unspecified atom stereocenters. The van der Waals surface area contributed by atoms with Gasteiger partial charge in [0.05, 0.1) is 0 Å². The first kappa shape index (κ1) is 13.9. The molecule has 0 saturated carbocycles. The number of halogens is 1. The molecule has 0 aromatic heterocycles. The van der Waals surface area contributed by atoms with Crippen LogP contribution in [0.1, 0.15) is 19.8 Å². The first-order chi connectivity index (χ1) is 3.98. The molecule has 0 saturated heterocycles. The van der Waals surface area contributed by atoms with Crippen LogP contribution < -0.4 is 29.6 Å². The van der Waals surface area contributed by atoms with Crippen molar-refractivity contribution in [3.8, 4) is 0 Å². The standard InChI is InChI=1S/C4H9BrO3S.Na/c1-2-3-4(5)9(6,7)8;/h4H,2-3H2,1H3,(H,6,7,8);/q;+1/p-1.